The normalized spacial score (nSPS) is 44.1. The lowest BCUT2D eigenvalue weighted by atomic mass is 9.75. The number of rotatable bonds is 1. The Balaban J connectivity index is 1.65. The van der Waals surface area contributed by atoms with E-state index in [4.69, 9.17) is 4.74 Å². The zero-order valence-electron chi connectivity index (χ0n) is 11.0. The minimum atomic E-state index is -0.226. The molecule has 0 radical (unpaired) electrons. The highest BCUT2D eigenvalue weighted by molar-refractivity contribution is 5.81. The highest BCUT2D eigenvalue weighted by Gasteiger charge is 2.42. The first-order valence-corrected chi connectivity index (χ1v) is 7.27. The second-order valence-corrected chi connectivity index (χ2v) is 6.20. The number of likely N-dealkylation sites (tertiary alicyclic amines) is 1. The lowest BCUT2D eigenvalue weighted by Gasteiger charge is -2.45. The predicted octanol–water partition coefficient (Wildman–Crippen LogP) is 1.17. The number of piperidine rings is 1. The number of aliphatic hydroxyl groups excluding tert-OH is 1. The first kappa shape index (κ1) is 12.4. The lowest BCUT2D eigenvalue weighted by Crippen LogP contribution is -2.55. The van der Waals surface area contributed by atoms with Crippen molar-refractivity contribution >= 4 is 5.91 Å². The maximum Gasteiger partial charge on any atom is 0.251 e. The number of hydrogen-bond donors (Lipinski definition) is 1. The molecule has 0 aromatic heterocycles. The Morgan fingerprint density at radius 2 is 1.83 bits per heavy atom. The van der Waals surface area contributed by atoms with Gasteiger partial charge in [-0.15, -0.1) is 0 Å². The fraction of sp³-hybridized carbons (Fsp3) is 0.929. The molecule has 3 fully saturated rings. The molecule has 1 unspecified atom stereocenters. The summed E-state index contributed by atoms with van der Waals surface area (Å²) in [7, 11) is 0. The number of ether oxygens (including phenoxy) is 1. The summed E-state index contributed by atoms with van der Waals surface area (Å²) in [5, 5.41) is 10.1. The van der Waals surface area contributed by atoms with Crippen LogP contribution in [0.4, 0.5) is 0 Å². The van der Waals surface area contributed by atoms with Gasteiger partial charge in [0.15, 0.2) is 0 Å². The van der Waals surface area contributed by atoms with Crippen LogP contribution in [-0.2, 0) is 9.53 Å². The van der Waals surface area contributed by atoms with E-state index in [1.807, 2.05) is 11.8 Å². The molecule has 5 atom stereocenters. The van der Waals surface area contributed by atoms with Crippen molar-refractivity contribution in [1.82, 2.24) is 4.90 Å². The summed E-state index contributed by atoms with van der Waals surface area (Å²) in [6.07, 6.45) is 4.96. The molecule has 1 aliphatic carbocycles. The second kappa shape index (κ2) is 4.82. The van der Waals surface area contributed by atoms with Crippen molar-refractivity contribution in [3.05, 3.63) is 0 Å². The topological polar surface area (TPSA) is 49.8 Å². The van der Waals surface area contributed by atoms with Crippen LogP contribution in [0.3, 0.4) is 0 Å². The number of carbonyl (C=O) groups excluding carboxylic acids is 1. The molecule has 0 spiro atoms. The molecule has 2 bridgehead atoms. The monoisotopic (exact) mass is 253 g/mol. The Bertz CT molecular complexity index is 319. The van der Waals surface area contributed by atoms with Gasteiger partial charge in [-0.3, -0.25) is 4.79 Å². The van der Waals surface area contributed by atoms with Crippen molar-refractivity contribution in [3.8, 4) is 0 Å². The first-order valence-electron chi connectivity index (χ1n) is 7.27. The average molecular weight is 253 g/mol. The summed E-state index contributed by atoms with van der Waals surface area (Å²) in [6, 6.07) is 0. The Morgan fingerprint density at radius 3 is 2.39 bits per heavy atom. The molecule has 4 heteroatoms. The van der Waals surface area contributed by atoms with Crippen LogP contribution in [-0.4, -0.2) is 47.3 Å². The van der Waals surface area contributed by atoms with E-state index in [1.165, 1.54) is 6.42 Å². The molecule has 3 rings (SSSR count). The van der Waals surface area contributed by atoms with Gasteiger partial charge in [-0.1, -0.05) is 6.42 Å². The Labute approximate surface area is 108 Å². The third-order valence-electron chi connectivity index (χ3n) is 4.84. The van der Waals surface area contributed by atoms with Gasteiger partial charge in [-0.2, -0.15) is 0 Å². The smallest absolute Gasteiger partial charge is 0.251 e. The van der Waals surface area contributed by atoms with Crippen LogP contribution in [0.25, 0.3) is 0 Å². The number of carbonyl (C=O) groups is 1. The van der Waals surface area contributed by atoms with E-state index in [0.717, 1.165) is 38.8 Å². The van der Waals surface area contributed by atoms with Crippen molar-refractivity contribution < 1.29 is 14.6 Å². The van der Waals surface area contributed by atoms with Crippen molar-refractivity contribution in [1.29, 1.82) is 0 Å². The van der Waals surface area contributed by atoms with E-state index in [-0.39, 0.29) is 24.2 Å². The SMILES string of the molecule is C[C@H]1CC[C@H](C(=O)N2C[C@H]3CCC[C@@H](C2)C3O)O1. The molecule has 4 nitrogen and oxygen atoms in total. The number of fused-ring (bicyclic) bond motifs is 2. The summed E-state index contributed by atoms with van der Waals surface area (Å²) in [4.78, 5) is 14.4. The molecule has 2 saturated heterocycles. The molecule has 3 aliphatic rings. The number of aliphatic hydroxyl groups is 1. The Hall–Kier alpha value is -0.610. The molecule has 102 valence electrons. The first-order chi connectivity index (χ1) is 8.65. The van der Waals surface area contributed by atoms with Gasteiger partial charge in [0.05, 0.1) is 12.2 Å². The molecular weight excluding hydrogens is 230 g/mol. The van der Waals surface area contributed by atoms with Gasteiger partial charge in [0.1, 0.15) is 6.10 Å². The van der Waals surface area contributed by atoms with Crippen LogP contribution in [0.2, 0.25) is 0 Å². The molecule has 0 aromatic rings. The van der Waals surface area contributed by atoms with E-state index in [2.05, 4.69) is 0 Å². The summed E-state index contributed by atoms with van der Waals surface area (Å²) >= 11 is 0. The minimum absolute atomic E-state index is 0.156. The molecule has 2 aliphatic heterocycles. The highest BCUT2D eigenvalue weighted by atomic mass is 16.5. The van der Waals surface area contributed by atoms with Gasteiger partial charge >= 0.3 is 0 Å². The fourth-order valence-electron chi connectivity index (χ4n) is 3.78. The van der Waals surface area contributed by atoms with Crippen LogP contribution < -0.4 is 0 Å². The molecule has 18 heavy (non-hydrogen) atoms. The predicted molar refractivity (Wildman–Crippen MR) is 67.0 cm³/mol. The molecule has 1 saturated carbocycles. The molecule has 0 aromatic carbocycles. The standard InChI is InChI=1S/C14H23NO3/c1-9-5-6-12(18-9)14(17)15-7-10-3-2-4-11(8-15)13(10)16/h9-13,16H,2-8H2,1H3/t9-,10-,11+,12+,13?/m0/s1. The van der Waals surface area contributed by atoms with Gasteiger partial charge in [-0.25, -0.2) is 0 Å². The van der Waals surface area contributed by atoms with Gasteiger partial charge in [0.25, 0.3) is 5.91 Å². The summed E-state index contributed by atoms with van der Waals surface area (Å²) in [5.74, 6) is 0.740. The van der Waals surface area contributed by atoms with Crippen LogP contribution in [0.1, 0.15) is 39.0 Å². The van der Waals surface area contributed by atoms with Crippen molar-refractivity contribution in [2.45, 2.75) is 57.3 Å². The molecule has 1 N–H and O–H groups in total. The fourth-order valence-corrected chi connectivity index (χ4v) is 3.78. The minimum Gasteiger partial charge on any atom is -0.392 e. The van der Waals surface area contributed by atoms with Crippen molar-refractivity contribution in [3.63, 3.8) is 0 Å². The van der Waals surface area contributed by atoms with Crippen LogP contribution >= 0.6 is 0 Å². The summed E-state index contributed by atoms with van der Waals surface area (Å²) < 4.78 is 5.67. The Kier molecular flexibility index (Phi) is 3.32. The number of amides is 1. The van der Waals surface area contributed by atoms with Crippen molar-refractivity contribution in [2.75, 3.05) is 13.1 Å². The average Bonchev–Trinajstić information content (AvgIpc) is 2.74. The van der Waals surface area contributed by atoms with Crippen LogP contribution in [0.15, 0.2) is 0 Å². The maximum atomic E-state index is 12.4. The van der Waals surface area contributed by atoms with Crippen LogP contribution in [0, 0.1) is 11.8 Å². The van der Waals surface area contributed by atoms with Crippen LogP contribution in [0.5, 0.6) is 0 Å². The van der Waals surface area contributed by atoms with E-state index < -0.39 is 0 Å². The zero-order valence-corrected chi connectivity index (χ0v) is 11.0. The van der Waals surface area contributed by atoms with E-state index in [9.17, 15) is 9.90 Å². The van der Waals surface area contributed by atoms with E-state index >= 15 is 0 Å². The zero-order chi connectivity index (χ0) is 12.7. The number of hydrogen-bond acceptors (Lipinski definition) is 3. The van der Waals surface area contributed by atoms with Gasteiger partial charge in [0.2, 0.25) is 0 Å². The maximum absolute atomic E-state index is 12.4. The second-order valence-electron chi connectivity index (χ2n) is 6.20. The molecule has 1 amide bonds. The third-order valence-corrected chi connectivity index (χ3v) is 4.84. The molecular formula is C14H23NO3. The summed E-state index contributed by atoms with van der Waals surface area (Å²) in [5.41, 5.74) is 0. The largest absolute Gasteiger partial charge is 0.392 e. The highest BCUT2D eigenvalue weighted by Crippen LogP contribution is 2.35. The lowest BCUT2D eigenvalue weighted by molar-refractivity contribution is -0.150. The Morgan fingerprint density at radius 1 is 1.17 bits per heavy atom. The van der Waals surface area contributed by atoms with E-state index in [1.54, 1.807) is 0 Å². The van der Waals surface area contributed by atoms with Crippen molar-refractivity contribution in [2.24, 2.45) is 11.8 Å². The quantitative estimate of drug-likeness (QED) is 0.763. The van der Waals surface area contributed by atoms with Gasteiger partial charge < -0.3 is 14.7 Å². The third kappa shape index (κ3) is 2.16. The van der Waals surface area contributed by atoms with E-state index in [0.29, 0.717) is 11.8 Å². The number of nitrogens with zero attached hydrogens (tertiary/aromatic N) is 1. The van der Waals surface area contributed by atoms with Gasteiger partial charge in [-0.05, 0) is 32.6 Å². The molecule has 2 heterocycles. The van der Waals surface area contributed by atoms with Gasteiger partial charge in [0, 0.05) is 24.9 Å². The summed E-state index contributed by atoms with van der Waals surface area (Å²) in [6.45, 7) is 3.48.